The molecule has 3 N–H and O–H groups in total. The molecular weight excluding hydrogens is 1240 g/mol. The molecule has 6 aromatic carbocycles. The van der Waals surface area contributed by atoms with Gasteiger partial charge in [0.05, 0.1) is 37.5 Å². The van der Waals surface area contributed by atoms with Gasteiger partial charge in [0.1, 0.15) is 21.5 Å². The van der Waals surface area contributed by atoms with Crippen LogP contribution in [0.2, 0.25) is 0 Å². The van der Waals surface area contributed by atoms with Crippen molar-refractivity contribution in [3.8, 4) is 55.2 Å². The molecule has 10 rings (SSSR count). The van der Waals surface area contributed by atoms with Crippen LogP contribution < -0.4 is 5.10 Å². The Hall–Kier alpha value is -6.85. The smallest absolute Gasteiger partial charge is 0.128 e. The second kappa shape index (κ2) is 23.3. The number of rotatable bonds is 8. The number of phenols is 2. The predicted octanol–water partition coefficient (Wildman–Crippen LogP) is 19.0. The third-order valence-electron chi connectivity index (χ3n) is 14.8. The number of para-hydroxylation sites is 2. The number of aromatic hydroxyl groups is 2. The van der Waals surface area contributed by atoms with Crippen LogP contribution >= 0.6 is 22.7 Å². The maximum absolute atomic E-state index is 11.3. The van der Waals surface area contributed by atoms with E-state index in [1.54, 1.807) is 47.5 Å². The second-order valence-corrected chi connectivity index (χ2v) is 29.7. The molecule has 0 saturated carbocycles. The molecule has 0 fully saturated rings. The molecule has 0 bridgehead atoms. The van der Waals surface area contributed by atoms with Gasteiger partial charge in [0.15, 0.2) is 0 Å². The molecule has 0 saturated heterocycles. The number of H-pyrrole nitrogens is 1. The minimum Gasteiger partial charge on any atom is -0.575 e. The minimum absolute atomic E-state index is 0. The van der Waals surface area contributed by atoms with Gasteiger partial charge in [0.2, 0.25) is 0 Å². The first kappa shape index (κ1) is 62.2. The summed E-state index contributed by atoms with van der Waals surface area (Å²) in [6.07, 6.45) is 7.07. The van der Waals surface area contributed by atoms with E-state index in [2.05, 4.69) is 206 Å². The Morgan fingerprint density at radius 3 is 1.25 bits per heavy atom. The summed E-state index contributed by atoms with van der Waals surface area (Å²) < 4.78 is 2.23. The van der Waals surface area contributed by atoms with Crippen molar-refractivity contribution in [2.24, 2.45) is 9.98 Å². The summed E-state index contributed by atoms with van der Waals surface area (Å²) >= 11 is 3.33. The molecule has 4 heterocycles. The van der Waals surface area contributed by atoms with Crippen molar-refractivity contribution in [2.45, 2.75) is 157 Å². The van der Waals surface area contributed by atoms with Crippen LogP contribution in [0, 0.1) is 0 Å². The zero-order valence-electron chi connectivity index (χ0n) is 51.4. The number of aliphatic imine (C=N–C) groups is 2. The summed E-state index contributed by atoms with van der Waals surface area (Å²) in [6, 6.07) is 37.3. The summed E-state index contributed by atoms with van der Waals surface area (Å²) in [6.45, 7) is 39.2. The second-order valence-electron chi connectivity index (χ2n) is 27.6. The number of thiazole rings is 2. The average Bonchev–Trinajstić information content (AvgIpc) is 3.63. The Kier molecular flexibility index (Phi) is 17.5. The Labute approximate surface area is 513 Å². The molecule has 434 valence electrons. The van der Waals surface area contributed by atoms with Crippen LogP contribution in [-0.4, -0.2) is 47.9 Å². The number of fused-ring (bicyclic) bond motifs is 2. The van der Waals surface area contributed by atoms with Gasteiger partial charge in [-0.05, 0) is 121 Å². The van der Waals surface area contributed by atoms with Gasteiger partial charge in [0.25, 0.3) is 0 Å². The van der Waals surface area contributed by atoms with Gasteiger partial charge in [0, 0.05) is 84.8 Å². The molecule has 10 nitrogen and oxygen atoms in total. The molecule has 0 amide bonds. The van der Waals surface area contributed by atoms with Crippen molar-refractivity contribution in [3.63, 3.8) is 0 Å². The third-order valence-corrected chi connectivity index (χ3v) is 16.9. The molecule has 0 unspecified atom stereocenters. The van der Waals surface area contributed by atoms with Crippen LogP contribution in [-0.2, 0) is 53.6 Å². The first-order chi connectivity index (χ1) is 38.3. The van der Waals surface area contributed by atoms with E-state index < -0.39 is 0 Å². The fourth-order valence-corrected chi connectivity index (χ4v) is 11.8. The molecule has 0 radical (unpaired) electrons. The quantitative estimate of drug-likeness (QED) is 0.128. The summed E-state index contributed by atoms with van der Waals surface area (Å²) in [4.78, 5) is 20.1. The average molecular weight is 1320 g/mol. The normalized spacial score (nSPS) is 12.8. The number of hydrogen-bond acceptors (Lipinski definition) is 10. The first-order valence-electron chi connectivity index (χ1n) is 28.1. The Morgan fingerprint density at radius 1 is 0.458 bits per heavy atom. The van der Waals surface area contributed by atoms with Crippen LogP contribution in [0.3, 0.4) is 0 Å². The van der Waals surface area contributed by atoms with Gasteiger partial charge in [-0.1, -0.05) is 173 Å². The van der Waals surface area contributed by atoms with Gasteiger partial charge >= 0.3 is 0 Å². The molecular formula is C70H79N8O2PtS2-. The molecule has 4 aromatic heterocycles. The zero-order valence-corrected chi connectivity index (χ0v) is 55.3. The SMILES string of the molecule is CC(C)(C)c1cc(C=Nc2ccccc2-c2nc3c(-c4ccn[n-]4)cc(C(C)(C)C)cc3s2)c(O)c(C(C)(C)C)c1.CC(C)(C)c1cc(C=Nc2ccccc2-c2nc3c(-c4ccn[nH]4)cc(C(C)(C)C)cc3s2)c(O)c(C(C)(C)C)c1.[Pt]. The van der Waals surface area contributed by atoms with Gasteiger partial charge in [-0.25, -0.2) is 9.97 Å². The molecule has 0 aliphatic rings. The molecule has 0 aliphatic carbocycles. The van der Waals surface area contributed by atoms with Gasteiger partial charge < -0.3 is 20.4 Å². The van der Waals surface area contributed by atoms with E-state index in [1.165, 1.54) is 22.3 Å². The fraction of sp³-hybridized carbons (Fsp3) is 0.343. The van der Waals surface area contributed by atoms with Crippen molar-refractivity contribution >= 4 is 66.9 Å². The number of benzene rings is 6. The molecule has 83 heavy (non-hydrogen) atoms. The van der Waals surface area contributed by atoms with E-state index in [0.29, 0.717) is 5.56 Å². The van der Waals surface area contributed by atoms with E-state index in [0.717, 1.165) is 92.2 Å². The summed E-state index contributed by atoms with van der Waals surface area (Å²) in [5.41, 5.74) is 16.7. The van der Waals surface area contributed by atoms with Crippen LogP contribution in [0.4, 0.5) is 11.4 Å². The molecule has 0 aliphatic heterocycles. The van der Waals surface area contributed by atoms with E-state index in [-0.39, 0.29) is 65.1 Å². The van der Waals surface area contributed by atoms with Crippen molar-refractivity contribution in [2.75, 3.05) is 0 Å². The standard InChI is InChI=1S/C35H40N4OS.C35H39N4OS.Pt/c2*1-33(2,3)22-16-21(31(40)26(18-22)35(7,8)9)20-36-27-13-11-10-12-24(27)32-38-30-25(28-14-15-37-39-28)17-23(34(4,5)6)19-29(30)41-32;/h10-20,40H,1-9H3,(H,37,39);10-20H,1-9H3,(H-,36,37,38,39,40);/q;-1;. The number of hydrogen-bond donors (Lipinski definition) is 3. The van der Waals surface area contributed by atoms with E-state index in [4.69, 9.17) is 20.0 Å². The van der Waals surface area contributed by atoms with E-state index in [1.807, 2.05) is 48.5 Å². The van der Waals surface area contributed by atoms with E-state index in [9.17, 15) is 10.2 Å². The monoisotopic (exact) mass is 1320 g/mol. The van der Waals surface area contributed by atoms with Crippen molar-refractivity contribution in [1.82, 2.24) is 30.4 Å². The Bertz CT molecular complexity index is 3750. The number of phenolic OH excluding ortho intramolecular Hbond substituents is 2. The Balaban J connectivity index is 0.000000214. The van der Waals surface area contributed by atoms with E-state index >= 15 is 0 Å². The zero-order chi connectivity index (χ0) is 59.5. The first-order valence-corrected chi connectivity index (χ1v) is 29.8. The minimum atomic E-state index is -0.206. The summed E-state index contributed by atoms with van der Waals surface area (Å²) in [5, 5.41) is 40.1. The number of nitrogens with zero attached hydrogens (tertiary/aromatic N) is 7. The predicted molar refractivity (Wildman–Crippen MR) is 347 cm³/mol. The number of aromatic nitrogens is 6. The summed E-state index contributed by atoms with van der Waals surface area (Å²) in [5.74, 6) is 0.563. The maximum Gasteiger partial charge on any atom is 0.128 e. The van der Waals surface area contributed by atoms with Crippen molar-refractivity contribution in [1.29, 1.82) is 0 Å². The van der Waals surface area contributed by atoms with Crippen LogP contribution in [0.15, 0.2) is 132 Å². The fourth-order valence-electron chi connectivity index (χ4n) is 9.67. The van der Waals surface area contributed by atoms with Crippen LogP contribution in [0.1, 0.15) is 169 Å². The maximum atomic E-state index is 11.3. The van der Waals surface area contributed by atoms with Crippen LogP contribution in [0.5, 0.6) is 11.5 Å². The number of aromatic amines is 1. The third kappa shape index (κ3) is 13.7. The topological polar surface area (TPSA) is 147 Å². The van der Waals surface area contributed by atoms with Gasteiger partial charge in [-0.2, -0.15) is 5.10 Å². The van der Waals surface area contributed by atoms with Gasteiger partial charge in [-0.15, -0.1) is 28.4 Å². The van der Waals surface area contributed by atoms with Crippen molar-refractivity contribution in [3.05, 3.63) is 166 Å². The van der Waals surface area contributed by atoms with Gasteiger partial charge in [-0.3, -0.25) is 15.1 Å². The molecule has 10 aromatic rings. The largest absolute Gasteiger partial charge is 0.575 e. The van der Waals surface area contributed by atoms with Crippen molar-refractivity contribution < 1.29 is 31.3 Å². The molecule has 0 spiro atoms. The van der Waals surface area contributed by atoms with Crippen LogP contribution in [0.25, 0.3) is 64.1 Å². The Morgan fingerprint density at radius 2 is 0.867 bits per heavy atom. The molecule has 13 heteroatoms. The summed E-state index contributed by atoms with van der Waals surface area (Å²) in [7, 11) is 0. The number of nitrogens with one attached hydrogen (secondary N) is 1. The molecule has 0 atom stereocenters.